The van der Waals surface area contributed by atoms with Gasteiger partial charge >= 0.3 is 18.2 Å². The van der Waals surface area contributed by atoms with Crippen LogP contribution in [-0.4, -0.2) is 27.1 Å². The number of anilines is 1. The number of carbonyl (C=O) groups is 2. The van der Waals surface area contributed by atoms with Crippen LogP contribution in [-0.2, 0) is 10.9 Å². The lowest BCUT2D eigenvalue weighted by atomic mass is 10.1. The second-order valence-corrected chi connectivity index (χ2v) is 7.02. The molecule has 0 spiro atoms. The van der Waals surface area contributed by atoms with Crippen molar-refractivity contribution in [3.8, 4) is 11.3 Å². The Bertz CT molecular complexity index is 841. The summed E-state index contributed by atoms with van der Waals surface area (Å²) in [7, 11) is 0. The van der Waals surface area contributed by atoms with Gasteiger partial charge in [0.25, 0.3) is 0 Å². The summed E-state index contributed by atoms with van der Waals surface area (Å²) in [6.45, 7) is 4.85. The quantitative estimate of drug-likeness (QED) is 0.783. The van der Waals surface area contributed by atoms with Gasteiger partial charge in [-0.05, 0) is 44.4 Å². The Morgan fingerprint density at radius 1 is 1.23 bits per heavy atom. The van der Waals surface area contributed by atoms with Gasteiger partial charge in [-0.3, -0.25) is 5.32 Å². The normalized spacial score (nSPS) is 11.9. The number of carboxylic acids is 1. The Balaban J connectivity index is 2.47. The van der Waals surface area contributed by atoms with Crippen molar-refractivity contribution in [1.82, 2.24) is 4.37 Å². The van der Waals surface area contributed by atoms with Gasteiger partial charge in [-0.15, -0.1) is 0 Å². The molecular weight excluding hydrogens is 373 g/mol. The molecule has 0 unspecified atom stereocenters. The van der Waals surface area contributed by atoms with Gasteiger partial charge in [-0.25, -0.2) is 9.59 Å². The van der Waals surface area contributed by atoms with Crippen LogP contribution in [0.5, 0.6) is 0 Å². The zero-order valence-electron chi connectivity index (χ0n) is 14.0. The summed E-state index contributed by atoms with van der Waals surface area (Å²) >= 11 is 0.551. The molecule has 0 atom stereocenters. The van der Waals surface area contributed by atoms with Gasteiger partial charge in [0.05, 0.1) is 11.3 Å². The number of aromatic nitrogens is 1. The van der Waals surface area contributed by atoms with Crippen LogP contribution in [0, 0.1) is 0 Å². The predicted molar refractivity (Wildman–Crippen MR) is 89.4 cm³/mol. The Hall–Kier alpha value is -2.62. The van der Waals surface area contributed by atoms with Crippen molar-refractivity contribution in [1.29, 1.82) is 0 Å². The van der Waals surface area contributed by atoms with Gasteiger partial charge in [0.15, 0.2) is 4.88 Å². The summed E-state index contributed by atoms with van der Waals surface area (Å²) in [5.74, 6) is -1.37. The molecule has 0 fully saturated rings. The minimum absolute atomic E-state index is 0.0228. The van der Waals surface area contributed by atoms with Crippen LogP contribution in [0.4, 0.5) is 23.7 Å². The van der Waals surface area contributed by atoms with Crippen LogP contribution in [0.25, 0.3) is 11.3 Å². The summed E-state index contributed by atoms with van der Waals surface area (Å²) < 4.78 is 47.7. The van der Waals surface area contributed by atoms with E-state index in [-0.39, 0.29) is 21.8 Å². The Morgan fingerprint density at radius 3 is 2.42 bits per heavy atom. The summed E-state index contributed by atoms with van der Waals surface area (Å²) in [5, 5.41) is 11.5. The minimum Gasteiger partial charge on any atom is -0.477 e. The van der Waals surface area contributed by atoms with E-state index in [4.69, 9.17) is 4.74 Å². The number of ether oxygens (including phenoxy) is 1. The summed E-state index contributed by atoms with van der Waals surface area (Å²) in [6, 6.07) is 4.24. The number of hydrogen-bond acceptors (Lipinski definition) is 5. The van der Waals surface area contributed by atoms with E-state index in [1.165, 1.54) is 12.1 Å². The molecular formula is C16H15F3N2O4S. The standard InChI is InChI=1S/C16H15F3N2O4S/c1-15(2,3)25-14(24)20-11-10(21-26-12(11)13(22)23)8-5-4-6-9(7-8)16(17,18)19/h4-7H,1-3H3,(H,20,24)(H,22,23). The number of nitrogens with zero attached hydrogens (tertiary/aromatic N) is 1. The highest BCUT2D eigenvalue weighted by Gasteiger charge is 2.31. The number of alkyl halides is 3. The third kappa shape index (κ3) is 4.72. The zero-order chi connectivity index (χ0) is 19.7. The number of amides is 1. The number of hydrogen-bond donors (Lipinski definition) is 2. The van der Waals surface area contributed by atoms with Crippen LogP contribution in [0.1, 0.15) is 36.0 Å². The maximum absolute atomic E-state index is 12.9. The van der Waals surface area contributed by atoms with Gasteiger partial charge in [0, 0.05) is 5.56 Å². The molecule has 6 nitrogen and oxygen atoms in total. The molecule has 2 rings (SSSR count). The third-order valence-corrected chi connectivity index (χ3v) is 3.81. The first-order valence-electron chi connectivity index (χ1n) is 7.29. The van der Waals surface area contributed by atoms with Crippen molar-refractivity contribution in [3.05, 3.63) is 34.7 Å². The van der Waals surface area contributed by atoms with Gasteiger partial charge < -0.3 is 9.84 Å². The van der Waals surface area contributed by atoms with Crippen LogP contribution < -0.4 is 5.32 Å². The number of carbonyl (C=O) groups excluding carboxylic acids is 1. The van der Waals surface area contributed by atoms with Gasteiger partial charge in [-0.2, -0.15) is 17.5 Å². The van der Waals surface area contributed by atoms with E-state index < -0.39 is 29.4 Å². The van der Waals surface area contributed by atoms with Crippen LogP contribution in [0.2, 0.25) is 0 Å². The lowest BCUT2D eigenvalue weighted by Crippen LogP contribution is -2.27. The van der Waals surface area contributed by atoms with E-state index in [0.717, 1.165) is 12.1 Å². The molecule has 10 heteroatoms. The highest BCUT2D eigenvalue weighted by Crippen LogP contribution is 2.37. The molecule has 2 N–H and O–H groups in total. The molecule has 0 radical (unpaired) electrons. The van der Waals surface area contributed by atoms with E-state index in [0.29, 0.717) is 11.5 Å². The van der Waals surface area contributed by atoms with E-state index in [1.54, 1.807) is 20.8 Å². The Labute approximate surface area is 150 Å². The third-order valence-electron chi connectivity index (χ3n) is 2.98. The second-order valence-electron chi connectivity index (χ2n) is 6.25. The highest BCUT2D eigenvalue weighted by molar-refractivity contribution is 7.09. The van der Waals surface area contributed by atoms with Crippen LogP contribution in [0.3, 0.4) is 0 Å². The van der Waals surface area contributed by atoms with E-state index in [9.17, 15) is 27.9 Å². The second kappa shape index (κ2) is 6.94. The molecule has 0 saturated heterocycles. The van der Waals surface area contributed by atoms with Crippen molar-refractivity contribution >= 4 is 29.3 Å². The van der Waals surface area contributed by atoms with E-state index in [2.05, 4.69) is 9.69 Å². The molecule has 2 aromatic rings. The van der Waals surface area contributed by atoms with Crippen LogP contribution >= 0.6 is 11.5 Å². The first kappa shape index (κ1) is 19.7. The SMILES string of the molecule is CC(C)(C)OC(=O)Nc1c(-c2cccc(C(F)(F)F)c2)nsc1C(=O)O. The largest absolute Gasteiger partial charge is 0.477 e. The van der Waals surface area contributed by atoms with Crippen molar-refractivity contribution in [2.75, 3.05) is 5.32 Å². The summed E-state index contributed by atoms with van der Waals surface area (Å²) in [4.78, 5) is 23.0. The van der Waals surface area contributed by atoms with Crippen molar-refractivity contribution in [2.45, 2.75) is 32.5 Å². The molecule has 0 aliphatic carbocycles. The molecule has 140 valence electrons. The maximum atomic E-state index is 12.9. The Morgan fingerprint density at radius 2 is 1.88 bits per heavy atom. The highest BCUT2D eigenvalue weighted by atomic mass is 32.1. The zero-order valence-corrected chi connectivity index (χ0v) is 14.8. The first-order chi connectivity index (χ1) is 11.9. The van der Waals surface area contributed by atoms with Crippen molar-refractivity contribution in [2.24, 2.45) is 0 Å². The van der Waals surface area contributed by atoms with Gasteiger partial charge in [0.2, 0.25) is 0 Å². The molecule has 1 heterocycles. The number of benzene rings is 1. The molecule has 0 bridgehead atoms. The summed E-state index contributed by atoms with van der Waals surface area (Å²) in [5.41, 5.74) is -2.02. The molecule has 0 saturated carbocycles. The van der Waals surface area contributed by atoms with E-state index in [1.807, 2.05) is 0 Å². The van der Waals surface area contributed by atoms with Gasteiger partial charge in [-0.1, -0.05) is 12.1 Å². The minimum atomic E-state index is -4.57. The molecule has 1 amide bonds. The average Bonchev–Trinajstić information content (AvgIpc) is 2.88. The number of aromatic carboxylic acids is 1. The van der Waals surface area contributed by atoms with Gasteiger partial charge in [0.1, 0.15) is 11.3 Å². The lowest BCUT2D eigenvalue weighted by Gasteiger charge is -2.20. The van der Waals surface area contributed by atoms with E-state index >= 15 is 0 Å². The smallest absolute Gasteiger partial charge is 0.416 e. The summed E-state index contributed by atoms with van der Waals surface area (Å²) in [6.07, 6.45) is -5.51. The monoisotopic (exact) mass is 388 g/mol. The molecule has 1 aromatic carbocycles. The fraction of sp³-hybridized carbons (Fsp3) is 0.312. The number of carboxylic acid groups (broad SMARTS) is 1. The molecule has 0 aliphatic heterocycles. The number of rotatable bonds is 3. The number of halogens is 3. The van der Waals surface area contributed by atoms with Crippen molar-refractivity contribution < 1.29 is 32.6 Å². The molecule has 1 aromatic heterocycles. The molecule has 0 aliphatic rings. The lowest BCUT2D eigenvalue weighted by molar-refractivity contribution is -0.137. The maximum Gasteiger partial charge on any atom is 0.416 e. The van der Waals surface area contributed by atoms with Crippen LogP contribution in [0.15, 0.2) is 24.3 Å². The first-order valence-corrected chi connectivity index (χ1v) is 8.06. The topological polar surface area (TPSA) is 88.5 Å². The molecule has 26 heavy (non-hydrogen) atoms. The van der Waals surface area contributed by atoms with Crippen molar-refractivity contribution in [3.63, 3.8) is 0 Å². The predicted octanol–water partition coefficient (Wildman–Crippen LogP) is 4.87. The fourth-order valence-electron chi connectivity index (χ4n) is 2.00. The average molecular weight is 388 g/mol. The fourth-order valence-corrected chi connectivity index (χ4v) is 2.69. The Kier molecular flexibility index (Phi) is 5.26. The number of nitrogens with one attached hydrogen (secondary N) is 1.